The Labute approximate surface area is 374 Å². The van der Waals surface area contributed by atoms with E-state index in [4.69, 9.17) is 4.98 Å². The number of hydrogen-bond acceptors (Lipinski definition) is 1. The van der Waals surface area contributed by atoms with Gasteiger partial charge in [-0.1, -0.05) is 184 Å². The van der Waals surface area contributed by atoms with Gasteiger partial charge in [0.05, 0.1) is 33.1 Å². The fourth-order valence-electron chi connectivity index (χ4n) is 8.26. The number of benzene rings is 8. The lowest BCUT2D eigenvalue weighted by Gasteiger charge is -2.10. The molecule has 318 valence electrons. The van der Waals surface area contributed by atoms with Crippen LogP contribution in [0.4, 0.5) is 0 Å². The van der Waals surface area contributed by atoms with Crippen LogP contribution in [0.1, 0.15) is 69.2 Å². The molecule has 8 aromatic carbocycles. The van der Waals surface area contributed by atoms with E-state index in [1.807, 2.05) is 75.3 Å². The lowest BCUT2D eigenvalue weighted by Crippen LogP contribution is -1.97. The number of fused-ring (bicyclic) bond motifs is 7. The Hall–Kier alpha value is -7.17. The van der Waals surface area contributed by atoms with Crippen LogP contribution in [0.5, 0.6) is 0 Å². The molecule has 0 fully saturated rings. The van der Waals surface area contributed by atoms with E-state index in [1.54, 1.807) is 0 Å². The van der Waals surface area contributed by atoms with E-state index in [9.17, 15) is 0 Å². The Balaban J connectivity index is 0.000000620. The molecule has 0 bridgehead atoms. The minimum absolute atomic E-state index is 0.933. The van der Waals surface area contributed by atoms with Gasteiger partial charge in [-0.05, 0) is 90.0 Å². The number of rotatable bonds is 5. The van der Waals surface area contributed by atoms with Crippen molar-refractivity contribution in [2.24, 2.45) is 0 Å². The Kier molecular flexibility index (Phi) is 15.5. The van der Waals surface area contributed by atoms with Crippen LogP contribution < -0.4 is 0 Å². The zero-order chi connectivity index (χ0) is 44.9. The molecule has 3 aromatic heterocycles. The van der Waals surface area contributed by atoms with Gasteiger partial charge in [-0.15, -0.1) is 0 Å². The zero-order valence-electron chi connectivity index (χ0n) is 38.8. The average molecular weight is 827 g/mol. The Morgan fingerprint density at radius 2 is 0.667 bits per heavy atom. The van der Waals surface area contributed by atoms with Gasteiger partial charge >= 0.3 is 0 Å². The first kappa shape index (κ1) is 45.4. The highest BCUT2D eigenvalue weighted by Crippen LogP contribution is 2.39. The Morgan fingerprint density at radius 1 is 0.270 bits per heavy atom. The van der Waals surface area contributed by atoms with Gasteiger partial charge < -0.3 is 9.13 Å². The molecule has 0 spiro atoms. The van der Waals surface area contributed by atoms with E-state index in [0.717, 1.165) is 45.0 Å². The first-order valence-electron chi connectivity index (χ1n) is 23.1. The fourth-order valence-corrected chi connectivity index (χ4v) is 8.26. The van der Waals surface area contributed by atoms with Gasteiger partial charge in [-0.2, -0.15) is 0 Å². The molecule has 4 nitrogen and oxygen atoms in total. The fraction of sp³-hybridized carbons (Fsp3) is 0.169. The van der Waals surface area contributed by atoms with Gasteiger partial charge in [0.2, 0.25) is 0 Å². The van der Waals surface area contributed by atoms with Crippen molar-refractivity contribution in [2.45, 2.75) is 69.2 Å². The quantitative estimate of drug-likeness (QED) is 0.170. The van der Waals surface area contributed by atoms with Gasteiger partial charge in [-0.25, -0.2) is 4.98 Å². The molecule has 3 heterocycles. The highest BCUT2D eigenvalue weighted by Gasteiger charge is 2.18. The van der Waals surface area contributed by atoms with Crippen LogP contribution in [-0.4, -0.2) is 18.7 Å². The normalized spacial score (nSPS) is 10.4. The summed E-state index contributed by atoms with van der Waals surface area (Å²) in [4.78, 5) is 5.09. The molecule has 0 aliphatic heterocycles. The molecule has 0 atom stereocenters. The van der Waals surface area contributed by atoms with E-state index in [-0.39, 0.29) is 0 Å². The third kappa shape index (κ3) is 8.54. The summed E-state index contributed by atoms with van der Waals surface area (Å²) in [6.07, 6.45) is 0. The van der Waals surface area contributed by atoms with Crippen molar-refractivity contribution < 1.29 is 0 Å². The first-order chi connectivity index (χ1) is 31.3. The number of nitrogens with zero attached hydrogens (tertiary/aromatic N) is 4. The summed E-state index contributed by atoms with van der Waals surface area (Å²) >= 11 is 0. The van der Waals surface area contributed by atoms with E-state index in [2.05, 4.69) is 202 Å². The maximum absolute atomic E-state index is 5.09. The van der Waals surface area contributed by atoms with Crippen LogP contribution in [0.15, 0.2) is 194 Å². The number of hydrogen-bond donors (Lipinski definition) is 0. The molecule has 11 aromatic rings. The van der Waals surface area contributed by atoms with Gasteiger partial charge in [0.15, 0.2) is 0 Å². The van der Waals surface area contributed by atoms with Crippen molar-refractivity contribution in [1.29, 1.82) is 0 Å². The molecular formula is C59H62N4. The van der Waals surface area contributed by atoms with E-state index >= 15 is 0 Å². The highest BCUT2D eigenvalue weighted by molar-refractivity contribution is 6.13. The van der Waals surface area contributed by atoms with Crippen molar-refractivity contribution >= 4 is 54.6 Å². The van der Waals surface area contributed by atoms with Crippen molar-refractivity contribution in [3.63, 3.8) is 0 Å². The summed E-state index contributed by atoms with van der Waals surface area (Å²) in [7, 11) is 0. The molecule has 0 saturated carbocycles. The smallest absolute Gasteiger partial charge is 0.145 e. The topological polar surface area (TPSA) is 27.7 Å². The molecule has 0 radical (unpaired) electrons. The summed E-state index contributed by atoms with van der Waals surface area (Å²) in [5.74, 6) is 0.933. The highest BCUT2D eigenvalue weighted by atomic mass is 15.1. The zero-order valence-corrected chi connectivity index (χ0v) is 38.8. The lowest BCUT2D eigenvalue weighted by molar-refractivity contribution is 1.10. The van der Waals surface area contributed by atoms with E-state index < -0.39 is 0 Å². The molecule has 0 saturated heterocycles. The number of para-hydroxylation sites is 6. The average Bonchev–Trinajstić information content (AvgIpc) is 4.05. The van der Waals surface area contributed by atoms with Gasteiger partial charge in [-0.3, -0.25) is 4.57 Å². The molecule has 0 N–H and O–H groups in total. The van der Waals surface area contributed by atoms with Crippen molar-refractivity contribution in [3.05, 3.63) is 194 Å². The number of aromatic nitrogens is 4. The van der Waals surface area contributed by atoms with Gasteiger partial charge in [0.25, 0.3) is 0 Å². The van der Waals surface area contributed by atoms with Crippen LogP contribution in [0.25, 0.3) is 94.2 Å². The van der Waals surface area contributed by atoms with E-state index in [1.165, 1.54) is 49.2 Å². The maximum Gasteiger partial charge on any atom is 0.145 e. The minimum Gasteiger partial charge on any atom is -0.309 e. The monoisotopic (exact) mass is 826 g/mol. The molecule has 63 heavy (non-hydrogen) atoms. The molecule has 11 rings (SSSR count). The van der Waals surface area contributed by atoms with Crippen LogP contribution in [0, 0.1) is 0 Å². The second-order valence-corrected chi connectivity index (χ2v) is 13.6. The molecule has 0 aliphatic rings. The summed E-state index contributed by atoms with van der Waals surface area (Å²) < 4.78 is 7.05. The summed E-state index contributed by atoms with van der Waals surface area (Å²) in [5.41, 5.74) is 13.7. The largest absolute Gasteiger partial charge is 0.309 e. The van der Waals surface area contributed by atoms with Crippen molar-refractivity contribution in [2.75, 3.05) is 0 Å². The van der Waals surface area contributed by atoms with Crippen LogP contribution >= 0.6 is 0 Å². The number of imidazole rings is 1. The lowest BCUT2D eigenvalue weighted by atomic mass is 10.0. The molecular weight excluding hydrogens is 765 g/mol. The summed E-state index contributed by atoms with van der Waals surface area (Å²) in [5, 5.41) is 4.97. The molecule has 0 aliphatic carbocycles. The standard InChI is InChI=1S/C49H32N4.5C2H6/c1-3-13-36(14-4-1)51-46-29-27-35(33-23-25-34(26-24-33)49-50-43-19-9-12-22-48(43)53(49)37-15-5-2-6-16-37)31-41(46)42-32-38(28-30-47(42)51)52-44-20-10-7-17-39(44)40-18-8-11-21-45(40)52;5*1-2/h1-32H;5*1-2H3. The van der Waals surface area contributed by atoms with Crippen LogP contribution in [0.2, 0.25) is 0 Å². The van der Waals surface area contributed by atoms with Gasteiger partial charge in [0.1, 0.15) is 5.82 Å². The van der Waals surface area contributed by atoms with Crippen LogP contribution in [0.3, 0.4) is 0 Å². The van der Waals surface area contributed by atoms with Crippen molar-refractivity contribution in [3.8, 4) is 39.6 Å². The second kappa shape index (κ2) is 21.6. The molecule has 0 amide bonds. The minimum atomic E-state index is 0.933. The third-order valence-corrected chi connectivity index (χ3v) is 10.7. The summed E-state index contributed by atoms with van der Waals surface area (Å²) in [6, 6.07) is 69.6. The van der Waals surface area contributed by atoms with E-state index in [0.29, 0.717) is 0 Å². The molecule has 0 unspecified atom stereocenters. The predicted octanol–water partition coefficient (Wildman–Crippen LogP) is 17.7. The Morgan fingerprint density at radius 3 is 1.24 bits per heavy atom. The predicted molar refractivity (Wildman–Crippen MR) is 277 cm³/mol. The molecule has 4 heteroatoms. The second-order valence-electron chi connectivity index (χ2n) is 13.6. The summed E-state index contributed by atoms with van der Waals surface area (Å²) in [6.45, 7) is 20.0. The maximum atomic E-state index is 5.09. The van der Waals surface area contributed by atoms with Crippen LogP contribution in [-0.2, 0) is 0 Å². The SMILES string of the molecule is CC.CC.CC.CC.CC.c1ccc(-n2c(-c3ccc(-c4ccc5c(c4)c4cc(-n6c7ccccc7c7ccccc76)ccc4n5-c4ccccc4)cc3)nc3ccccc32)cc1. The third-order valence-electron chi connectivity index (χ3n) is 10.7. The Bertz CT molecular complexity index is 3090. The van der Waals surface area contributed by atoms with Crippen molar-refractivity contribution in [1.82, 2.24) is 18.7 Å². The first-order valence-corrected chi connectivity index (χ1v) is 23.1. The van der Waals surface area contributed by atoms with Gasteiger partial charge in [0, 0.05) is 44.2 Å².